The summed E-state index contributed by atoms with van der Waals surface area (Å²) in [5.74, 6) is -1.83. The summed E-state index contributed by atoms with van der Waals surface area (Å²) in [4.78, 5) is 14.1. The van der Waals surface area contributed by atoms with Crippen molar-refractivity contribution < 1.29 is 14.3 Å². The summed E-state index contributed by atoms with van der Waals surface area (Å²) >= 11 is 4.17. The molecule has 4 aromatic rings. The van der Waals surface area contributed by atoms with Crippen molar-refractivity contribution in [2.45, 2.75) is 47.0 Å². The molecule has 1 N–H and O–H groups in total. The Morgan fingerprint density at radius 2 is 1.60 bits per heavy atom. The van der Waals surface area contributed by atoms with Crippen molar-refractivity contribution >= 4 is 50.1 Å². The molecule has 0 unspecified atom stereocenters. The molecular formula is C24H27FO2S3. The number of carboxylic acid groups (broad SMARTS) is 1. The molecule has 4 rings (SSSR count). The van der Waals surface area contributed by atoms with Crippen molar-refractivity contribution in [1.29, 1.82) is 0 Å². The Hall–Kier alpha value is -2.02. The SMILES string of the molecule is CC.CC.CC(C)(c1ccccc1)c1sc(-c2cccs2)c2sc(C(=O)O)c(F)c12. The largest absolute Gasteiger partial charge is 0.477 e. The van der Waals surface area contributed by atoms with Crippen molar-refractivity contribution in [3.05, 3.63) is 69.0 Å². The first-order valence-electron chi connectivity index (χ1n) is 9.99. The summed E-state index contributed by atoms with van der Waals surface area (Å²) in [6.07, 6.45) is 0. The van der Waals surface area contributed by atoms with Crippen molar-refractivity contribution in [2.24, 2.45) is 0 Å². The topological polar surface area (TPSA) is 37.3 Å². The number of carboxylic acids is 1. The molecule has 0 saturated carbocycles. The van der Waals surface area contributed by atoms with Crippen molar-refractivity contribution in [3.8, 4) is 9.75 Å². The molecule has 0 bridgehead atoms. The smallest absolute Gasteiger partial charge is 0.348 e. The normalized spacial score (nSPS) is 10.8. The highest BCUT2D eigenvalue weighted by atomic mass is 32.1. The van der Waals surface area contributed by atoms with Crippen molar-refractivity contribution in [1.82, 2.24) is 0 Å². The monoisotopic (exact) mass is 462 g/mol. The number of fused-ring (bicyclic) bond motifs is 1. The van der Waals surface area contributed by atoms with E-state index in [9.17, 15) is 9.90 Å². The summed E-state index contributed by atoms with van der Waals surface area (Å²) in [7, 11) is 0. The number of benzene rings is 1. The van der Waals surface area contributed by atoms with Crippen molar-refractivity contribution in [3.63, 3.8) is 0 Å². The number of carbonyl (C=O) groups is 1. The molecule has 0 amide bonds. The molecule has 0 aliphatic heterocycles. The van der Waals surface area contributed by atoms with Gasteiger partial charge in [-0.3, -0.25) is 0 Å². The molecule has 0 spiro atoms. The lowest BCUT2D eigenvalue weighted by Crippen LogP contribution is -2.17. The molecule has 0 radical (unpaired) electrons. The number of halogens is 1. The molecule has 3 heterocycles. The average Bonchev–Trinajstić information content (AvgIpc) is 3.49. The van der Waals surface area contributed by atoms with Crippen LogP contribution in [0.1, 0.15) is 61.7 Å². The second-order valence-electron chi connectivity index (χ2n) is 6.48. The van der Waals surface area contributed by atoms with E-state index in [2.05, 4.69) is 13.8 Å². The second kappa shape index (κ2) is 10.3. The van der Waals surface area contributed by atoms with Gasteiger partial charge in [0.1, 0.15) is 4.88 Å². The Morgan fingerprint density at radius 3 is 2.13 bits per heavy atom. The Morgan fingerprint density at radius 1 is 0.967 bits per heavy atom. The first kappa shape index (κ1) is 24.3. The molecule has 6 heteroatoms. The molecule has 0 fully saturated rings. The van der Waals surface area contributed by atoms with Gasteiger partial charge in [-0.2, -0.15) is 0 Å². The van der Waals surface area contributed by atoms with Gasteiger partial charge >= 0.3 is 5.97 Å². The number of rotatable bonds is 4. The predicted octanol–water partition coefficient (Wildman–Crippen LogP) is 8.91. The van der Waals surface area contributed by atoms with Crippen LogP contribution in [0, 0.1) is 5.82 Å². The zero-order valence-corrected chi connectivity index (χ0v) is 20.5. The van der Waals surface area contributed by atoms with Crippen LogP contribution in [-0.4, -0.2) is 11.1 Å². The molecule has 0 atom stereocenters. The maximum atomic E-state index is 15.1. The summed E-state index contributed by atoms with van der Waals surface area (Å²) < 4.78 is 15.8. The molecule has 0 aliphatic carbocycles. The minimum atomic E-state index is -1.21. The maximum Gasteiger partial charge on any atom is 0.348 e. The first-order chi connectivity index (χ1) is 14.4. The highest BCUT2D eigenvalue weighted by Gasteiger charge is 2.33. The van der Waals surface area contributed by atoms with Crippen LogP contribution in [0.15, 0.2) is 47.8 Å². The number of thiophene rings is 3. The molecule has 0 aliphatic rings. The Balaban J connectivity index is 0.000000757. The minimum absolute atomic E-state index is 0.217. The highest BCUT2D eigenvalue weighted by molar-refractivity contribution is 7.29. The van der Waals surface area contributed by atoms with Gasteiger partial charge in [0, 0.05) is 20.6 Å². The third kappa shape index (κ3) is 4.36. The minimum Gasteiger partial charge on any atom is -0.477 e. The van der Waals surface area contributed by atoms with Gasteiger partial charge in [0.25, 0.3) is 0 Å². The Labute approximate surface area is 189 Å². The first-order valence-corrected chi connectivity index (χ1v) is 12.5. The molecule has 0 saturated heterocycles. The lowest BCUT2D eigenvalue weighted by molar-refractivity contribution is 0.0698. The van der Waals surface area contributed by atoms with E-state index >= 15 is 4.39 Å². The maximum absolute atomic E-state index is 15.1. The fraction of sp³-hybridized carbons (Fsp3) is 0.292. The summed E-state index contributed by atoms with van der Waals surface area (Å²) in [5.41, 5.74) is 0.639. The predicted molar refractivity (Wildman–Crippen MR) is 131 cm³/mol. The van der Waals surface area contributed by atoms with Crippen molar-refractivity contribution in [2.75, 3.05) is 0 Å². The van der Waals surface area contributed by atoms with E-state index in [1.807, 2.05) is 75.5 Å². The van der Waals surface area contributed by atoms with Gasteiger partial charge in [-0.15, -0.1) is 34.0 Å². The third-order valence-corrected chi connectivity index (χ3v) is 8.35. The van der Waals surface area contributed by atoms with Gasteiger partial charge in [0.05, 0.1) is 9.58 Å². The summed E-state index contributed by atoms with van der Waals surface area (Å²) in [6.45, 7) is 12.1. The van der Waals surface area contributed by atoms with Crippen LogP contribution in [0.3, 0.4) is 0 Å². The highest BCUT2D eigenvalue weighted by Crippen LogP contribution is 2.51. The number of hydrogen-bond acceptors (Lipinski definition) is 4. The van der Waals surface area contributed by atoms with Gasteiger partial charge in [0.2, 0.25) is 0 Å². The van der Waals surface area contributed by atoms with Crippen LogP contribution in [-0.2, 0) is 5.41 Å². The van der Waals surface area contributed by atoms with Gasteiger partial charge < -0.3 is 5.11 Å². The summed E-state index contributed by atoms with van der Waals surface area (Å²) in [6, 6.07) is 13.9. The fourth-order valence-corrected chi connectivity index (χ4v) is 6.64. The van der Waals surface area contributed by atoms with E-state index < -0.39 is 17.2 Å². The van der Waals surface area contributed by atoms with Crippen LogP contribution < -0.4 is 0 Å². The molecule has 30 heavy (non-hydrogen) atoms. The molecular weight excluding hydrogens is 435 g/mol. The van der Waals surface area contributed by atoms with E-state index in [-0.39, 0.29) is 4.88 Å². The number of hydrogen-bond donors (Lipinski definition) is 1. The molecule has 2 nitrogen and oxygen atoms in total. The van der Waals surface area contributed by atoms with E-state index in [1.165, 1.54) is 0 Å². The Bertz CT molecular complexity index is 1090. The third-order valence-electron chi connectivity index (χ3n) is 4.49. The standard InChI is InChI=1S/C20H15FO2S3.2C2H6/c1-20(2,11-7-4-3-5-8-11)18-13-14(21)17(19(22)23)25-16(13)15(26-18)12-9-6-10-24-12;2*1-2/h3-10H,1-2H3,(H,22,23);2*1-2H3. The van der Waals surface area contributed by atoms with Crippen LogP contribution in [0.25, 0.3) is 19.8 Å². The van der Waals surface area contributed by atoms with E-state index in [0.29, 0.717) is 5.39 Å². The molecule has 3 aromatic heterocycles. The lowest BCUT2D eigenvalue weighted by Gasteiger charge is -2.24. The van der Waals surface area contributed by atoms with Gasteiger partial charge in [0.15, 0.2) is 5.82 Å². The van der Waals surface area contributed by atoms with E-state index in [0.717, 1.165) is 36.2 Å². The van der Waals surface area contributed by atoms with Gasteiger partial charge in [-0.25, -0.2) is 9.18 Å². The Kier molecular flexibility index (Phi) is 8.35. The quantitative estimate of drug-likeness (QED) is 0.329. The molecule has 1 aromatic carbocycles. The summed E-state index contributed by atoms with van der Waals surface area (Å²) in [5, 5.41) is 11.8. The zero-order valence-electron chi connectivity index (χ0n) is 18.1. The molecule has 160 valence electrons. The zero-order chi connectivity index (χ0) is 22.5. The van der Waals surface area contributed by atoms with Crippen LogP contribution in [0.4, 0.5) is 4.39 Å². The van der Waals surface area contributed by atoms with E-state index in [1.54, 1.807) is 22.7 Å². The van der Waals surface area contributed by atoms with Crippen LogP contribution in [0.2, 0.25) is 0 Å². The average molecular weight is 463 g/mol. The van der Waals surface area contributed by atoms with Gasteiger partial charge in [-0.1, -0.05) is 77.9 Å². The lowest BCUT2D eigenvalue weighted by atomic mass is 9.82. The van der Waals surface area contributed by atoms with Crippen LogP contribution >= 0.6 is 34.0 Å². The fourth-order valence-electron chi connectivity index (χ4n) is 3.11. The number of aromatic carboxylic acids is 1. The van der Waals surface area contributed by atoms with Gasteiger partial charge in [-0.05, 0) is 17.0 Å². The second-order valence-corrected chi connectivity index (χ2v) is 9.47. The van der Waals surface area contributed by atoms with Crippen LogP contribution in [0.5, 0.6) is 0 Å². The van der Waals surface area contributed by atoms with E-state index in [4.69, 9.17) is 0 Å².